The van der Waals surface area contributed by atoms with E-state index in [0.717, 1.165) is 6.07 Å². The number of aryl methyl sites for hydroxylation is 1. The van der Waals surface area contributed by atoms with Crippen molar-refractivity contribution in [1.29, 1.82) is 0 Å². The number of rotatable bonds is 10. The van der Waals surface area contributed by atoms with Crippen LogP contribution in [0.5, 0.6) is 23.1 Å². The molecule has 0 saturated heterocycles. The standard InChI is InChI=1S/C25H22ClF2N3O7/c1-4-20-29-24-12(25(30-20)36-3)7-21(32)31(24)16-9-19(18(8-14(16)26)38-11-22(33)34)37-10-13-17(35-2)6-5-15(27)23(13)28/h5-6,8-9H,4,7,10-11H2,1-3H3,(H,33,34). The number of halogens is 3. The number of carboxylic acids is 1. The van der Waals surface area contributed by atoms with Gasteiger partial charge >= 0.3 is 5.97 Å². The molecule has 0 spiro atoms. The summed E-state index contributed by atoms with van der Waals surface area (Å²) in [5.41, 5.74) is 0.384. The van der Waals surface area contributed by atoms with Crippen molar-refractivity contribution in [3.63, 3.8) is 0 Å². The van der Waals surface area contributed by atoms with Crippen molar-refractivity contribution in [1.82, 2.24) is 9.97 Å². The van der Waals surface area contributed by atoms with E-state index in [1.807, 2.05) is 6.92 Å². The average Bonchev–Trinajstić information content (AvgIpc) is 3.23. The molecule has 0 fully saturated rings. The van der Waals surface area contributed by atoms with E-state index in [1.165, 1.54) is 37.3 Å². The molecule has 0 unspecified atom stereocenters. The maximum atomic E-state index is 14.5. The first-order valence-corrected chi connectivity index (χ1v) is 11.6. The SMILES string of the molecule is CCc1nc(OC)c2c(n1)N(c1cc(OCc3c(OC)ccc(F)c3F)c(OCC(=O)O)cc1Cl)C(=O)C2. The van der Waals surface area contributed by atoms with Crippen LogP contribution in [0.4, 0.5) is 20.3 Å². The first kappa shape index (κ1) is 26.9. The van der Waals surface area contributed by atoms with Crippen molar-refractivity contribution in [3.8, 4) is 23.1 Å². The largest absolute Gasteiger partial charge is 0.496 e. The molecule has 0 atom stereocenters. The summed E-state index contributed by atoms with van der Waals surface area (Å²) < 4.78 is 49.9. The van der Waals surface area contributed by atoms with Gasteiger partial charge in [-0.25, -0.2) is 18.6 Å². The minimum absolute atomic E-state index is 0.0177. The number of fused-ring (bicyclic) bond motifs is 1. The number of methoxy groups -OCH3 is 2. The Morgan fingerprint density at radius 3 is 2.50 bits per heavy atom. The van der Waals surface area contributed by atoms with Gasteiger partial charge in [-0.3, -0.25) is 9.69 Å². The number of amides is 1. The molecular formula is C25H22ClF2N3O7. The average molecular weight is 550 g/mol. The van der Waals surface area contributed by atoms with Crippen LogP contribution in [0.1, 0.15) is 23.9 Å². The maximum absolute atomic E-state index is 14.5. The molecule has 0 aliphatic carbocycles. The Morgan fingerprint density at radius 2 is 1.84 bits per heavy atom. The molecule has 3 aromatic rings. The molecule has 2 aromatic carbocycles. The van der Waals surface area contributed by atoms with E-state index in [1.54, 1.807) is 0 Å². The summed E-state index contributed by atoms with van der Waals surface area (Å²) in [6, 6.07) is 4.75. The van der Waals surface area contributed by atoms with E-state index in [9.17, 15) is 18.4 Å². The summed E-state index contributed by atoms with van der Waals surface area (Å²) >= 11 is 6.51. The van der Waals surface area contributed by atoms with Crippen molar-refractivity contribution < 1.29 is 42.4 Å². The molecule has 13 heteroatoms. The normalized spacial score (nSPS) is 12.4. The molecule has 200 valence electrons. The Balaban J connectivity index is 1.79. The molecule has 4 rings (SSSR count). The lowest BCUT2D eigenvalue weighted by Gasteiger charge is -2.21. The van der Waals surface area contributed by atoms with Crippen LogP contribution in [0.2, 0.25) is 5.02 Å². The van der Waals surface area contributed by atoms with Crippen LogP contribution in [-0.2, 0) is 29.0 Å². The fourth-order valence-electron chi connectivity index (χ4n) is 3.87. The van der Waals surface area contributed by atoms with Gasteiger partial charge in [-0.15, -0.1) is 0 Å². The van der Waals surface area contributed by atoms with E-state index in [2.05, 4.69) is 9.97 Å². The molecule has 0 bridgehead atoms. The Labute approximate surface area is 220 Å². The maximum Gasteiger partial charge on any atom is 0.341 e. The number of carbonyl (C=O) groups is 2. The fourth-order valence-corrected chi connectivity index (χ4v) is 4.11. The monoisotopic (exact) mass is 549 g/mol. The minimum atomic E-state index is -1.27. The smallest absolute Gasteiger partial charge is 0.341 e. The molecule has 0 saturated carbocycles. The zero-order valence-corrected chi connectivity index (χ0v) is 21.3. The predicted molar refractivity (Wildman–Crippen MR) is 131 cm³/mol. The Bertz CT molecular complexity index is 1420. The van der Waals surface area contributed by atoms with Crippen molar-refractivity contribution >= 4 is 35.0 Å². The summed E-state index contributed by atoms with van der Waals surface area (Å²) in [5, 5.41) is 9.08. The molecule has 1 aromatic heterocycles. The lowest BCUT2D eigenvalue weighted by Crippen LogP contribution is -2.22. The third-order valence-electron chi connectivity index (χ3n) is 5.64. The van der Waals surface area contributed by atoms with Crippen molar-refractivity contribution in [2.45, 2.75) is 26.4 Å². The van der Waals surface area contributed by atoms with Crippen molar-refractivity contribution in [3.05, 3.63) is 57.9 Å². The number of ether oxygens (including phenoxy) is 4. The highest BCUT2D eigenvalue weighted by molar-refractivity contribution is 6.34. The molecule has 1 N–H and O–H groups in total. The lowest BCUT2D eigenvalue weighted by atomic mass is 10.2. The second-order valence-electron chi connectivity index (χ2n) is 7.97. The Kier molecular flexibility index (Phi) is 7.81. The molecule has 38 heavy (non-hydrogen) atoms. The van der Waals surface area contributed by atoms with Gasteiger partial charge < -0.3 is 24.1 Å². The number of aromatic nitrogens is 2. The first-order valence-electron chi connectivity index (χ1n) is 11.3. The van der Waals surface area contributed by atoms with E-state index < -0.39 is 30.8 Å². The third-order valence-corrected chi connectivity index (χ3v) is 5.95. The van der Waals surface area contributed by atoms with Crippen LogP contribution in [0, 0.1) is 11.6 Å². The van der Waals surface area contributed by atoms with Gasteiger partial charge in [0.1, 0.15) is 18.2 Å². The zero-order valence-electron chi connectivity index (χ0n) is 20.5. The highest BCUT2D eigenvalue weighted by atomic mass is 35.5. The van der Waals surface area contributed by atoms with Crippen LogP contribution in [-0.4, -0.2) is 47.8 Å². The molecule has 1 amide bonds. The molecule has 2 heterocycles. The predicted octanol–water partition coefficient (Wildman–Crippen LogP) is 4.25. The topological polar surface area (TPSA) is 120 Å². The second kappa shape index (κ2) is 11.1. The first-order chi connectivity index (χ1) is 18.2. The summed E-state index contributed by atoms with van der Waals surface area (Å²) in [7, 11) is 2.72. The second-order valence-corrected chi connectivity index (χ2v) is 8.38. The van der Waals surface area contributed by atoms with Crippen molar-refractivity contribution in [2.75, 3.05) is 25.7 Å². The van der Waals surface area contributed by atoms with Crippen LogP contribution < -0.4 is 23.8 Å². The summed E-state index contributed by atoms with van der Waals surface area (Å²) in [5.74, 6) is -3.14. The van der Waals surface area contributed by atoms with Crippen LogP contribution >= 0.6 is 11.6 Å². The van der Waals surface area contributed by atoms with Crippen LogP contribution in [0.15, 0.2) is 24.3 Å². The summed E-state index contributed by atoms with van der Waals surface area (Å²) in [6.45, 7) is 0.590. The fraction of sp³-hybridized carbons (Fsp3) is 0.280. The molecule has 0 radical (unpaired) electrons. The zero-order chi connectivity index (χ0) is 27.6. The van der Waals surface area contributed by atoms with Gasteiger partial charge in [-0.1, -0.05) is 18.5 Å². The van der Waals surface area contributed by atoms with Gasteiger partial charge in [-0.2, -0.15) is 4.98 Å². The molecule has 1 aliphatic heterocycles. The van der Waals surface area contributed by atoms with Crippen LogP contribution in [0.3, 0.4) is 0 Å². The van der Waals surface area contributed by atoms with E-state index >= 15 is 0 Å². The number of carbonyl (C=O) groups excluding carboxylic acids is 1. The van der Waals surface area contributed by atoms with E-state index in [4.69, 9.17) is 35.7 Å². The number of hydrogen-bond acceptors (Lipinski definition) is 8. The Hall–Kier alpha value is -4.19. The highest BCUT2D eigenvalue weighted by Gasteiger charge is 2.36. The van der Waals surface area contributed by atoms with Gasteiger partial charge in [0.25, 0.3) is 0 Å². The van der Waals surface area contributed by atoms with E-state index in [-0.39, 0.29) is 57.5 Å². The Morgan fingerprint density at radius 1 is 1.11 bits per heavy atom. The number of carboxylic acid groups (broad SMARTS) is 1. The lowest BCUT2D eigenvalue weighted by molar-refractivity contribution is -0.139. The molecule has 1 aliphatic rings. The number of hydrogen-bond donors (Lipinski definition) is 1. The summed E-state index contributed by atoms with van der Waals surface area (Å²) in [4.78, 5) is 34.2. The highest BCUT2D eigenvalue weighted by Crippen LogP contribution is 2.45. The van der Waals surface area contributed by atoms with E-state index in [0.29, 0.717) is 17.8 Å². The van der Waals surface area contributed by atoms with Crippen molar-refractivity contribution in [2.24, 2.45) is 0 Å². The van der Waals surface area contributed by atoms with Gasteiger partial charge in [0.2, 0.25) is 11.8 Å². The minimum Gasteiger partial charge on any atom is -0.496 e. The number of benzene rings is 2. The van der Waals surface area contributed by atoms with Crippen LogP contribution in [0.25, 0.3) is 0 Å². The number of nitrogens with zero attached hydrogens (tertiary/aromatic N) is 3. The van der Waals surface area contributed by atoms with Gasteiger partial charge in [0, 0.05) is 18.6 Å². The molecular weight excluding hydrogens is 528 g/mol. The van der Waals surface area contributed by atoms with Gasteiger partial charge in [-0.05, 0) is 12.1 Å². The van der Waals surface area contributed by atoms with Gasteiger partial charge in [0.15, 0.2) is 35.6 Å². The summed E-state index contributed by atoms with van der Waals surface area (Å²) in [6.07, 6.45) is 0.411. The number of aliphatic carboxylic acids is 1. The van der Waals surface area contributed by atoms with Gasteiger partial charge in [0.05, 0.1) is 42.5 Å². The molecule has 10 nitrogen and oxygen atoms in total. The third kappa shape index (κ3) is 5.12. The number of anilines is 2. The quantitative estimate of drug-likeness (QED) is 0.395.